The van der Waals surface area contributed by atoms with Gasteiger partial charge in [-0.25, -0.2) is 0 Å². The van der Waals surface area contributed by atoms with Crippen LogP contribution >= 0.6 is 11.6 Å². The number of hydrogen-bond acceptors (Lipinski definition) is 2. The van der Waals surface area contributed by atoms with Crippen LogP contribution in [-0.2, 0) is 11.0 Å². The molecule has 3 nitrogen and oxygen atoms in total. The number of hydrogen-bond donors (Lipinski definition) is 1. The molecule has 128 valence electrons. The zero-order valence-corrected chi connectivity index (χ0v) is 13.8. The molecule has 0 saturated carbocycles. The van der Waals surface area contributed by atoms with E-state index in [2.05, 4.69) is 5.32 Å². The van der Waals surface area contributed by atoms with Crippen molar-refractivity contribution < 1.29 is 22.7 Å². The molecule has 0 atom stereocenters. The summed E-state index contributed by atoms with van der Waals surface area (Å²) in [5.41, 5.74) is 0.722. The van der Waals surface area contributed by atoms with E-state index in [0.29, 0.717) is 5.75 Å². The molecule has 2 rings (SSSR count). The number of amides is 1. The van der Waals surface area contributed by atoms with Gasteiger partial charge < -0.3 is 10.1 Å². The van der Waals surface area contributed by atoms with Crippen LogP contribution in [0.4, 0.5) is 18.9 Å². The summed E-state index contributed by atoms with van der Waals surface area (Å²) in [6.45, 7) is 3.34. The van der Waals surface area contributed by atoms with Gasteiger partial charge in [-0.3, -0.25) is 4.79 Å². The van der Waals surface area contributed by atoms with Gasteiger partial charge in [0.1, 0.15) is 5.75 Å². The van der Waals surface area contributed by atoms with Crippen LogP contribution in [0.15, 0.2) is 36.4 Å². The first kappa shape index (κ1) is 18.1. The van der Waals surface area contributed by atoms with Gasteiger partial charge >= 0.3 is 6.18 Å². The predicted octanol–water partition coefficient (Wildman–Crippen LogP) is 4.99. The van der Waals surface area contributed by atoms with Gasteiger partial charge in [-0.2, -0.15) is 13.2 Å². The molecule has 7 heteroatoms. The molecule has 0 bridgehead atoms. The summed E-state index contributed by atoms with van der Waals surface area (Å²) in [5.74, 6) is -0.0262. The molecule has 0 aliphatic rings. The average Bonchev–Trinajstić information content (AvgIpc) is 2.48. The molecule has 0 spiro atoms. The van der Waals surface area contributed by atoms with Crippen LogP contribution in [0.1, 0.15) is 16.7 Å². The van der Waals surface area contributed by atoms with Crippen molar-refractivity contribution in [1.29, 1.82) is 0 Å². The van der Waals surface area contributed by atoms with Crippen LogP contribution in [0, 0.1) is 13.8 Å². The van der Waals surface area contributed by atoms with Gasteiger partial charge in [0.05, 0.1) is 16.3 Å². The van der Waals surface area contributed by atoms with Crippen LogP contribution in [0.5, 0.6) is 5.75 Å². The van der Waals surface area contributed by atoms with Gasteiger partial charge in [0.25, 0.3) is 5.91 Å². The lowest BCUT2D eigenvalue weighted by Crippen LogP contribution is -2.21. The molecule has 2 aromatic rings. The Hall–Kier alpha value is -2.21. The van der Waals surface area contributed by atoms with Crippen molar-refractivity contribution in [2.75, 3.05) is 11.9 Å². The molecular weight excluding hydrogens is 343 g/mol. The van der Waals surface area contributed by atoms with Crippen molar-refractivity contribution >= 4 is 23.2 Å². The molecule has 24 heavy (non-hydrogen) atoms. The zero-order chi connectivity index (χ0) is 17.9. The van der Waals surface area contributed by atoms with Crippen LogP contribution in [0.3, 0.4) is 0 Å². The minimum Gasteiger partial charge on any atom is -0.483 e. The molecule has 2 aromatic carbocycles. The summed E-state index contributed by atoms with van der Waals surface area (Å²) >= 11 is 5.84. The summed E-state index contributed by atoms with van der Waals surface area (Å²) in [6.07, 6.45) is -4.52. The maximum Gasteiger partial charge on any atom is 0.416 e. The lowest BCUT2D eigenvalue weighted by molar-refractivity contribution is -0.137. The lowest BCUT2D eigenvalue weighted by atomic mass is 10.1. The number of anilines is 1. The van der Waals surface area contributed by atoms with Gasteiger partial charge in [0, 0.05) is 0 Å². The number of rotatable bonds is 4. The second-order valence-corrected chi connectivity index (χ2v) is 5.66. The number of halogens is 4. The van der Waals surface area contributed by atoms with Crippen molar-refractivity contribution in [3.63, 3.8) is 0 Å². The summed E-state index contributed by atoms with van der Waals surface area (Å²) in [5, 5.41) is 2.35. The summed E-state index contributed by atoms with van der Waals surface area (Å²) in [6, 6.07) is 8.27. The molecule has 1 amide bonds. The maximum atomic E-state index is 12.7. The number of alkyl halides is 3. The Balaban J connectivity index is 2.08. The first-order valence-corrected chi connectivity index (χ1v) is 7.42. The van der Waals surface area contributed by atoms with E-state index in [1.165, 1.54) is 0 Å². The maximum absolute atomic E-state index is 12.7. The standard InChI is InChI=1S/C17H15ClF3NO2/c1-10-4-3-5-11(2)16(10)24-9-15(23)22-14-8-12(17(19,20)21)6-7-13(14)18/h3-8H,9H2,1-2H3,(H,22,23). The number of carbonyl (C=O) groups excluding carboxylic acids is 1. The number of aryl methyl sites for hydroxylation is 2. The van der Waals surface area contributed by atoms with Crippen LogP contribution in [0.2, 0.25) is 5.02 Å². The molecule has 0 unspecified atom stereocenters. The first-order chi connectivity index (χ1) is 11.2. The minimum atomic E-state index is -4.52. The van der Waals surface area contributed by atoms with Gasteiger partial charge in [-0.1, -0.05) is 29.8 Å². The van der Waals surface area contributed by atoms with E-state index >= 15 is 0 Å². The molecule has 0 radical (unpaired) electrons. The highest BCUT2D eigenvalue weighted by Crippen LogP contribution is 2.33. The Morgan fingerprint density at radius 2 is 1.79 bits per heavy atom. The summed E-state index contributed by atoms with van der Waals surface area (Å²) in [4.78, 5) is 11.9. The van der Waals surface area contributed by atoms with E-state index < -0.39 is 17.6 Å². The average molecular weight is 358 g/mol. The molecule has 0 aliphatic carbocycles. The molecule has 0 aromatic heterocycles. The molecular formula is C17H15ClF3NO2. The SMILES string of the molecule is Cc1cccc(C)c1OCC(=O)Nc1cc(C(F)(F)F)ccc1Cl. The van der Waals surface area contributed by atoms with E-state index in [1.54, 1.807) is 0 Å². The van der Waals surface area contributed by atoms with Gasteiger partial charge in [-0.05, 0) is 43.2 Å². The molecule has 0 aliphatic heterocycles. The van der Waals surface area contributed by atoms with Crippen molar-refractivity contribution in [1.82, 2.24) is 0 Å². The van der Waals surface area contributed by atoms with E-state index in [9.17, 15) is 18.0 Å². The Labute approximate surface area is 142 Å². The third-order valence-corrected chi connectivity index (χ3v) is 3.65. The first-order valence-electron chi connectivity index (χ1n) is 7.04. The Bertz CT molecular complexity index is 740. The monoisotopic (exact) mass is 357 g/mol. The Morgan fingerprint density at radius 1 is 1.17 bits per heavy atom. The highest BCUT2D eigenvalue weighted by Gasteiger charge is 2.31. The van der Waals surface area contributed by atoms with E-state index in [1.807, 2.05) is 32.0 Å². The van der Waals surface area contributed by atoms with Crippen molar-refractivity contribution in [3.05, 3.63) is 58.1 Å². The number of carbonyl (C=O) groups is 1. The summed E-state index contributed by atoms with van der Waals surface area (Å²) in [7, 11) is 0. The lowest BCUT2D eigenvalue weighted by Gasteiger charge is -2.14. The van der Waals surface area contributed by atoms with Crippen LogP contribution < -0.4 is 10.1 Å². The molecule has 1 N–H and O–H groups in total. The van der Waals surface area contributed by atoms with Crippen molar-refractivity contribution in [2.24, 2.45) is 0 Å². The number of ether oxygens (including phenoxy) is 1. The van der Waals surface area contributed by atoms with Crippen molar-refractivity contribution in [2.45, 2.75) is 20.0 Å². The largest absolute Gasteiger partial charge is 0.483 e. The highest BCUT2D eigenvalue weighted by molar-refractivity contribution is 6.33. The van der Waals surface area contributed by atoms with E-state index in [0.717, 1.165) is 29.3 Å². The third-order valence-electron chi connectivity index (χ3n) is 3.32. The normalized spacial score (nSPS) is 11.2. The van der Waals surface area contributed by atoms with Gasteiger partial charge in [0.2, 0.25) is 0 Å². The van der Waals surface area contributed by atoms with Crippen LogP contribution in [-0.4, -0.2) is 12.5 Å². The number of nitrogens with one attached hydrogen (secondary N) is 1. The van der Waals surface area contributed by atoms with Crippen LogP contribution in [0.25, 0.3) is 0 Å². The van der Waals surface area contributed by atoms with E-state index in [-0.39, 0.29) is 17.3 Å². The molecule has 0 saturated heterocycles. The third kappa shape index (κ3) is 4.41. The smallest absolute Gasteiger partial charge is 0.416 e. The zero-order valence-electron chi connectivity index (χ0n) is 13.0. The Morgan fingerprint density at radius 3 is 2.38 bits per heavy atom. The fourth-order valence-electron chi connectivity index (χ4n) is 2.15. The second-order valence-electron chi connectivity index (χ2n) is 5.25. The second kappa shape index (κ2) is 7.13. The van der Waals surface area contributed by atoms with E-state index in [4.69, 9.17) is 16.3 Å². The number of para-hydroxylation sites is 1. The quantitative estimate of drug-likeness (QED) is 0.836. The fourth-order valence-corrected chi connectivity index (χ4v) is 2.31. The Kier molecular flexibility index (Phi) is 5.39. The minimum absolute atomic E-state index is 0.0171. The summed E-state index contributed by atoms with van der Waals surface area (Å²) < 4.78 is 43.6. The van der Waals surface area contributed by atoms with Gasteiger partial charge in [0.15, 0.2) is 6.61 Å². The number of benzene rings is 2. The predicted molar refractivity (Wildman–Crippen MR) is 86.5 cm³/mol. The fraction of sp³-hybridized carbons (Fsp3) is 0.235. The highest BCUT2D eigenvalue weighted by atomic mass is 35.5. The van der Waals surface area contributed by atoms with Crippen molar-refractivity contribution in [3.8, 4) is 5.75 Å². The topological polar surface area (TPSA) is 38.3 Å². The molecule has 0 fully saturated rings. The van der Waals surface area contributed by atoms with Gasteiger partial charge in [-0.15, -0.1) is 0 Å². The molecule has 0 heterocycles.